The molecule has 0 aliphatic carbocycles. The van der Waals surface area contributed by atoms with E-state index in [1.54, 1.807) is 0 Å². The van der Waals surface area contributed by atoms with E-state index in [0.29, 0.717) is 0 Å². The van der Waals surface area contributed by atoms with E-state index in [0.717, 1.165) is 6.42 Å². The first-order chi connectivity index (χ1) is 8.22. The number of aromatic amines is 1. The minimum Gasteiger partial charge on any atom is -0.396 e. The zero-order valence-corrected chi connectivity index (χ0v) is 10.4. The fourth-order valence-corrected chi connectivity index (χ4v) is 2.42. The van der Waals surface area contributed by atoms with Gasteiger partial charge in [-0.15, -0.1) is 0 Å². The van der Waals surface area contributed by atoms with Gasteiger partial charge in [0.1, 0.15) is 0 Å². The molecule has 0 spiro atoms. The van der Waals surface area contributed by atoms with Gasteiger partial charge in [-0.25, -0.2) is 0 Å². The largest absolute Gasteiger partial charge is 0.396 e. The average Bonchev–Trinajstić information content (AvgIpc) is 2.66. The predicted octanol–water partition coefficient (Wildman–Crippen LogP) is 3.15. The topological polar surface area (TPSA) is 36.0 Å². The molecule has 2 rings (SSSR count). The molecule has 1 heterocycles. The summed E-state index contributed by atoms with van der Waals surface area (Å²) >= 11 is 0. The van der Waals surface area contributed by atoms with Crippen LogP contribution in [0, 0.1) is 13.8 Å². The molecule has 2 aromatic rings. The van der Waals surface area contributed by atoms with Gasteiger partial charge in [0.25, 0.3) is 0 Å². The molecule has 0 aliphatic rings. The summed E-state index contributed by atoms with van der Waals surface area (Å²) in [5.74, 6) is 0.283. The van der Waals surface area contributed by atoms with Crippen LogP contribution >= 0.6 is 0 Å². The van der Waals surface area contributed by atoms with Crippen molar-refractivity contribution in [1.29, 1.82) is 0 Å². The highest BCUT2D eigenvalue weighted by Gasteiger charge is 2.16. The maximum atomic E-state index is 9.25. The van der Waals surface area contributed by atoms with E-state index in [4.69, 9.17) is 0 Å². The van der Waals surface area contributed by atoms with Crippen LogP contribution in [0.4, 0.5) is 0 Å². The fourth-order valence-electron chi connectivity index (χ4n) is 2.42. The van der Waals surface area contributed by atoms with Crippen molar-refractivity contribution in [3.63, 3.8) is 0 Å². The Morgan fingerprint density at radius 2 is 1.88 bits per heavy atom. The molecule has 0 aliphatic heterocycles. The minimum atomic E-state index is 0.212. The van der Waals surface area contributed by atoms with Crippen molar-refractivity contribution < 1.29 is 5.11 Å². The molecule has 90 valence electrons. The van der Waals surface area contributed by atoms with Crippen LogP contribution in [-0.4, -0.2) is 16.7 Å². The highest BCUT2D eigenvalue weighted by atomic mass is 16.3. The average molecular weight is 229 g/mol. The van der Waals surface area contributed by atoms with E-state index in [2.05, 4.69) is 49.2 Å². The molecule has 0 radical (unpaired) electrons. The Balaban J connectivity index is 2.39. The first-order valence-electron chi connectivity index (χ1n) is 6.04. The van der Waals surface area contributed by atoms with Gasteiger partial charge >= 0.3 is 0 Å². The lowest BCUT2D eigenvalue weighted by atomic mass is 9.89. The lowest BCUT2D eigenvalue weighted by Gasteiger charge is -2.16. The van der Waals surface area contributed by atoms with Crippen LogP contribution in [0.15, 0.2) is 36.4 Å². The minimum absolute atomic E-state index is 0.212. The molecule has 1 aromatic heterocycles. The summed E-state index contributed by atoms with van der Waals surface area (Å²) in [6.07, 6.45) is 0.766. The highest BCUT2D eigenvalue weighted by Crippen LogP contribution is 2.30. The van der Waals surface area contributed by atoms with Gasteiger partial charge in [-0.1, -0.05) is 30.3 Å². The Hall–Kier alpha value is -1.54. The van der Waals surface area contributed by atoms with E-state index in [9.17, 15) is 5.11 Å². The lowest BCUT2D eigenvalue weighted by Crippen LogP contribution is -2.04. The zero-order valence-electron chi connectivity index (χ0n) is 10.4. The normalized spacial score (nSPS) is 12.6. The third kappa shape index (κ3) is 2.59. The van der Waals surface area contributed by atoms with Crippen LogP contribution in [0.3, 0.4) is 0 Å². The number of aliphatic hydroxyl groups excluding tert-OH is 1. The number of rotatable bonds is 4. The second-order valence-electron chi connectivity index (χ2n) is 4.51. The van der Waals surface area contributed by atoms with E-state index in [1.165, 1.54) is 22.5 Å². The third-order valence-corrected chi connectivity index (χ3v) is 3.18. The summed E-state index contributed by atoms with van der Waals surface area (Å²) in [5, 5.41) is 9.25. The number of aryl methyl sites for hydroxylation is 2. The molecule has 0 saturated carbocycles. The Labute approximate surface area is 102 Å². The highest BCUT2D eigenvalue weighted by molar-refractivity contribution is 5.36. The van der Waals surface area contributed by atoms with Crippen LogP contribution in [0.1, 0.15) is 34.9 Å². The van der Waals surface area contributed by atoms with Crippen LogP contribution in [0.5, 0.6) is 0 Å². The monoisotopic (exact) mass is 229 g/mol. The third-order valence-electron chi connectivity index (χ3n) is 3.18. The summed E-state index contributed by atoms with van der Waals surface area (Å²) in [7, 11) is 0. The van der Waals surface area contributed by atoms with Gasteiger partial charge in [-0.05, 0) is 37.5 Å². The molecule has 0 fully saturated rings. The summed E-state index contributed by atoms with van der Waals surface area (Å²) in [4.78, 5) is 3.33. The molecule has 0 amide bonds. The summed E-state index contributed by atoms with van der Waals surface area (Å²) in [6, 6.07) is 12.6. The van der Waals surface area contributed by atoms with Crippen LogP contribution < -0.4 is 0 Å². The fraction of sp³-hybridized carbons (Fsp3) is 0.333. The summed E-state index contributed by atoms with van der Waals surface area (Å²) < 4.78 is 0. The Morgan fingerprint density at radius 1 is 1.18 bits per heavy atom. The number of nitrogens with one attached hydrogen (secondary N) is 1. The quantitative estimate of drug-likeness (QED) is 0.830. The van der Waals surface area contributed by atoms with Crippen molar-refractivity contribution in [2.75, 3.05) is 6.61 Å². The van der Waals surface area contributed by atoms with Gasteiger partial charge in [0.05, 0.1) is 0 Å². The second-order valence-corrected chi connectivity index (χ2v) is 4.51. The van der Waals surface area contributed by atoms with Gasteiger partial charge in [0.15, 0.2) is 0 Å². The van der Waals surface area contributed by atoms with Gasteiger partial charge in [0.2, 0.25) is 0 Å². The maximum Gasteiger partial charge on any atom is 0.0440 e. The zero-order chi connectivity index (χ0) is 12.3. The molecule has 17 heavy (non-hydrogen) atoms. The van der Waals surface area contributed by atoms with Crippen molar-refractivity contribution in [1.82, 2.24) is 4.98 Å². The molecule has 1 atom stereocenters. The number of hydrogen-bond donors (Lipinski definition) is 2. The smallest absolute Gasteiger partial charge is 0.0440 e. The number of benzene rings is 1. The molecular weight excluding hydrogens is 210 g/mol. The predicted molar refractivity (Wildman–Crippen MR) is 70.3 cm³/mol. The van der Waals surface area contributed by atoms with Gasteiger partial charge in [-0.2, -0.15) is 0 Å². The van der Waals surface area contributed by atoms with E-state index in [1.807, 2.05) is 6.07 Å². The molecule has 2 heteroatoms. The van der Waals surface area contributed by atoms with E-state index in [-0.39, 0.29) is 12.5 Å². The van der Waals surface area contributed by atoms with Gasteiger partial charge in [-0.3, -0.25) is 0 Å². The van der Waals surface area contributed by atoms with Crippen LogP contribution in [0.25, 0.3) is 0 Å². The first-order valence-corrected chi connectivity index (χ1v) is 6.04. The Kier molecular flexibility index (Phi) is 3.64. The van der Waals surface area contributed by atoms with Gasteiger partial charge < -0.3 is 10.1 Å². The van der Waals surface area contributed by atoms with Crippen molar-refractivity contribution in [2.45, 2.75) is 26.2 Å². The van der Waals surface area contributed by atoms with Crippen molar-refractivity contribution in [2.24, 2.45) is 0 Å². The molecule has 0 saturated heterocycles. The Bertz CT molecular complexity index is 473. The van der Waals surface area contributed by atoms with E-state index >= 15 is 0 Å². The molecule has 0 bridgehead atoms. The second kappa shape index (κ2) is 5.19. The SMILES string of the molecule is Cc1cc(C(CCO)c2ccccc2)c(C)[nH]1. The molecule has 2 nitrogen and oxygen atoms in total. The van der Waals surface area contributed by atoms with Crippen molar-refractivity contribution in [3.8, 4) is 0 Å². The summed E-state index contributed by atoms with van der Waals surface area (Å²) in [6.45, 7) is 4.37. The van der Waals surface area contributed by atoms with Crippen molar-refractivity contribution in [3.05, 3.63) is 58.9 Å². The maximum absolute atomic E-state index is 9.25. The standard InChI is InChI=1S/C15H19NO/c1-11-10-15(12(2)16-11)14(8-9-17)13-6-4-3-5-7-13/h3-7,10,14,16-17H,8-9H2,1-2H3. The first kappa shape index (κ1) is 11.9. The van der Waals surface area contributed by atoms with Gasteiger partial charge in [0, 0.05) is 23.9 Å². The number of H-pyrrole nitrogens is 1. The van der Waals surface area contributed by atoms with Crippen LogP contribution in [0.2, 0.25) is 0 Å². The lowest BCUT2D eigenvalue weighted by molar-refractivity contribution is 0.281. The van der Waals surface area contributed by atoms with Crippen molar-refractivity contribution >= 4 is 0 Å². The molecule has 1 aromatic carbocycles. The van der Waals surface area contributed by atoms with Crippen LogP contribution in [-0.2, 0) is 0 Å². The molecular formula is C15H19NO. The molecule has 1 unspecified atom stereocenters. The number of hydrogen-bond acceptors (Lipinski definition) is 1. The number of aromatic nitrogens is 1. The summed E-state index contributed by atoms with van der Waals surface area (Å²) in [5.41, 5.74) is 4.94. The van der Waals surface area contributed by atoms with E-state index < -0.39 is 0 Å². The Morgan fingerprint density at radius 3 is 2.41 bits per heavy atom. The molecule has 2 N–H and O–H groups in total. The number of aliphatic hydroxyl groups is 1.